The van der Waals surface area contributed by atoms with Gasteiger partial charge in [-0.3, -0.25) is 4.90 Å². The summed E-state index contributed by atoms with van der Waals surface area (Å²) in [7, 11) is -3.25. The fraction of sp³-hybridized carbons (Fsp3) is 0.600. The maximum atomic E-state index is 11.8. The summed E-state index contributed by atoms with van der Waals surface area (Å²) >= 11 is 0. The van der Waals surface area contributed by atoms with E-state index in [2.05, 4.69) is 25.7 Å². The number of rotatable bonds is 6. The zero-order valence-corrected chi connectivity index (χ0v) is 19.2. The maximum Gasteiger partial charge on any atom is 0.407 e. The van der Waals surface area contributed by atoms with Gasteiger partial charge in [0.1, 0.15) is 5.60 Å². The predicted molar refractivity (Wildman–Crippen MR) is 115 cm³/mol. The Labute approximate surface area is 182 Å². The summed E-state index contributed by atoms with van der Waals surface area (Å²) in [6.45, 7) is 8.48. The average molecular weight is 451 g/mol. The number of ether oxygens (including phenoxy) is 1. The van der Waals surface area contributed by atoms with E-state index in [4.69, 9.17) is 4.74 Å². The number of alkyl carbamates (subject to hydrolysis) is 1. The molecule has 0 spiro atoms. The highest BCUT2D eigenvalue weighted by Crippen LogP contribution is 2.19. The number of likely N-dealkylation sites (tertiary alicyclic amines) is 1. The number of benzene rings is 1. The largest absolute Gasteiger partial charge is 0.444 e. The molecule has 1 amide bonds. The van der Waals surface area contributed by atoms with Crippen LogP contribution in [0.4, 0.5) is 4.79 Å². The molecule has 3 rings (SSSR count). The van der Waals surface area contributed by atoms with Crippen LogP contribution in [0.25, 0.3) is 5.69 Å². The molecule has 0 bridgehead atoms. The number of sulfone groups is 1. The zero-order chi connectivity index (χ0) is 22.6. The third-order valence-corrected chi connectivity index (χ3v) is 6.18. The topological polar surface area (TPSA) is 119 Å². The normalized spacial score (nSPS) is 16.3. The highest BCUT2D eigenvalue weighted by molar-refractivity contribution is 7.90. The molecule has 1 aromatic heterocycles. The summed E-state index contributed by atoms with van der Waals surface area (Å²) < 4.78 is 30.2. The standard InChI is InChI=1S/C20H30N6O4S/c1-20(2,3)30-19(27)21-13-15-9-11-25(12-10-15)14-18-22-23-24-26(18)16-5-7-17(8-6-16)31(4,28)29/h5-8,15H,9-14H2,1-4H3,(H,21,27). The van der Waals surface area contributed by atoms with Crippen molar-refractivity contribution >= 4 is 15.9 Å². The fourth-order valence-electron chi connectivity index (χ4n) is 3.43. The molecule has 2 heterocycles. The van der Waals surface area contributed by atoms with E-state index >= 15 is 0 Å². The first-order chi connectivity index (χ1) is 14.5. The van der Waals surface area contributed by atoms with Crippen LogP contribution < -0.4 is 5.32 Å². The van der Waals surface area contributed by atoms with Gasteiger partial charge in [-0.15, -0.1) is 5.10 Å². The van der Waals surface area contributed by atoms with E-state index in [1.165, 1.54) is 6.26 Å². The second-order valence-corrected chi connectivity index (χ2v) is 10.9. The molecule has 11 heteroatoms. The minimum absolute atomic E-state index is 0.257. The number of carbonyl (C=O) groups is 1. The summed E-state index contributed by atoms with van der Waals surface area (Å²) in [6, 6.07) is 6.51. The molecule has 1 saturated heterocycles. The van der Waals surface area contributed by atoms with Gasteiger partial charge in [-0.25, -0.2) is 13.2 Å². The molecule has 0 unspecified atom stereocenters. The van der Waals surface area contributed by atoms with Crippen molar-refractivity contribution in [2.45, 2.75) is 50.7 Å². The van der Waals surface area contributed by atoms with Crippen LogP contribution in [0.15, 0.2) is 29.2 Å². The van der Waals surface area contributed by atoms with Gasteiger partial charge in [0.25, 0.3) is 0 Å². The maximum absolute atomic E-state index is 11.8. The van der Waals surface area contributed by atoms with Gasteiger partial charge in [-0.1, -0.05) is 0 Å². The van der Waals surface area contributed by atoms with E-state index in [1.54, 1.807) is 28.9 Å². The Morgan fingerprint density at radius 2 is 1.84 bits per heavy atom. The first-order valence-corrected chi connectivity index (χ1v) is 12.2. The van der Waals surface area contributed by atoms with Crippen LogP contribution in [0, 0.1) is 5.92 Å². The summed E-state index contributed by atoms with van der Waals surface area (Å²) in [4.78, 5) is 14.4. The monoisotopic (exact) mass is 450 g/mol. The molecule has 0 aliphatic carbocycles. The van der Waals surface area contributed by atoms with Crippen molar-refractivity contribution in [1.82, 2.24) is 30.4 Å². The summed E-state index contributed by atoms with van der Waals surface area (Å²) in [6.07, 6.45) is 2.72. The lowest BCUT2D eigenvalue weighted by Crippen LogP contribution is -2.40. The molecule has 1 fully saturated rings. The summed E-state index contributed by atoms with van der Waals surface area (Å²) in [5.74, 6) is 1.10. The van der Waals surface area contributed by atoms with Crippen LogP contribution in [0.1, 0.15) is 39.4 Å². The third-order valence-electron chi connectivity index (χ3n) is 5.05. The van der Waals surface area contributed by atoms with Crippen LogP contribution in [0.5, 0.6) is 0 Å². The van der Waals surface area contributed by atoms with E-state index < -0.39 is 15.4 Å². The van der Waals surface area contributed by atoms with Gasteiger partial charge in [0, 0.05) is 12.8 Å². The number of aromatic nitrogens is 4. The van der Waals surface area contributed by atoms with Gasteiger partial charge in [0.2, 0.25) is 0 Å². The molecule has 1 aliphatic heterocycles. The van der Waals surface area contributed by atoms with Crippen molar-refractivity contribution in [1.29, 1.82) is 0 Å². The lowest BCUT2D eigenvalue weighted by atomic mass is 9.97. The third kappa shape index (κ3) is 6.73. The van der Waals surface area contributed by atoms with Gasteiger partial charge < -0.3 is 10.1 Å². The highest BCUT2D eigenvalue weighted by Gasteiger charge is 2.23. The Morgan fingerprint density at radius 3 is 2.42 bits per heavy atom. The van der Waals surface area contributed by atoms with Gasteiger partial charge >= 0.3 is 6.09 Å². The number of hydrogen-bond donors (Lipinski definition) is 1. The quantitative estimate of drug-likeness (QED) is 0.708. The molecule has 2 aromatic rings. The number of hydrogen-bond acceptors (Lipinski definition) is 8. The van der Waals surface area contributed by atoms with Gasteiger partial charge in [-0.05, 0) is 87.3 Å². The molecule has 1 aromatic carbocycles. The number of carbonyl (C=O) groups excluding carboxylic acids is 1. The van der Waals surface area contributed by atoms with Gasteiger partial charge in [0.15, 0.2) is 15.7 Å². The number of nitrogens with one attached hydrogen (secondary N) is 1. The van der Waals surface area contributed by atoms with Crippen LogP contribution in [-0.4, -0.2) is 71.1 Å². The lowest BCUT2D eigenvalue weighted by molar-refractivity contribution is 0.0509. The Kier molecular flexibility index (Phi) is 6.95. The minimum Gasteiger partial charge on any atom is -0.444 e. The number of piperidine rings is 1. The Morgan fingerprint density at radius 1 is 1.19 bits per heavy atom. The minimum atomic E-state index is -3.25. The van der Waals surface area contributed by atoms with Crippen molar-refractivity contribution in [3.8, 4) is 5.69 Å². The molecule has 1 N–H and O–H groups in total. The smallest absolute Gasteiger partial charge is 0.407 e. The number of nitrogens with zero attached hydrogens (tertiary/aromatic N) is 5. The molecule has 0 radical (unpaired) electrons. The van der Waals surface area contributed by atoms with E-state index in [1.807, 2.05) is 20.8 Å². The molecule has 0 saturated carbocycles. The van der Waals surface area contributed by atoms with Crippen molar-refractivity contribution in [3.63, 3.8) is 0 Å². The van der Waals surface area contributed by atoms with Gasteiger partial charge in [0.05, 0.1) is 17.1 Å². The van der Waals surface area contributed by atoms with Crippen molar-refractivity contribution in [2.24, 2.45) is 5.92 Å². The number of amides is 1. The van der Waals surface area contributed by atoms with Crippen LogP contribution in [-0.2, 0) is 21.1 Å². The number of tetrazole rings is 1. The highest BCUT2D eigenvalue weighted by atomic mass is 32.2. The molecule has 10 nitrogen and oxygen atoms in total. The zero-order valence-electron chi connectivity index (χ0n) is 18.4. The second kappa shape index (κ2) is 9.31. The molecule has 0 atom stereocenters. The predicted octanol–water partition coefficient (Wildman–Crippen LogP) is 1.80. The van der Waals surface area contributed by atoms with E-state index in [-0.39, 0.29) is 11.0 Å². The van der Waals surface area contributed by atoms with E-state index in [9.17, 15) is 13.2 Å². The van der Waals surface area contributed by atoms with Gasteiger partial charge in [-0.2, -0.15) is 4.68 Å². The molecule has 1 aliphatic rings. The van der Waals surface area contributed by atoms with E-state index in [0.29, 0.717) is 30.5 Å². The first kappa shape index (κ1) is 23.1. The first-order valence-electron chi connectivity index (χ1n) is 10.3. The van der Waals surface area contributed by atoms with Crippen LogP contribution in [0.3, 0.4) is 0 Å². The van der Waals surface area contributed by atoms with Crippen molar-refractivity contribution < 1.29 is 17.9 Å². The molecule has 31 heavy (non-hydrogen) atoms. The SMILES string of the molecule is CC(C)(C)OC(=O)NCC1CCN(Cc2nnnn2-c2ccc(S(C)(=O)=O)cc2)CC1. The van der Waals surface area contributed by atoms with Crippen LogP contribution in [0.2, 0.25) is 0 Å². The fourth-order valence-corrected chi connectivity index (χ4v) is 4.06. The van der Waals surface area contributed by atoms with Crippen molar-refractivity contribution in [3.05, 3.63) is 30.1 Å². The summed E-state index contributed by atoms with van der Waals surface area (Å²) in [5.41, 5.74) is 0.214. The van der Waals surface area contributed by atoms with Crippen LogP contribution >= 0.6 is 0 Å². The second-order valence-electron chi connectivity index (χ2n) is 8.88. The molecular formula is C20H30N6O4S. The molecule has 170 valence electrons. The Hall–Kier alpha value is -2.53. The lowest BCUT2D eigenvalue weighted by Gasteiger charge is -2.31. The van der Waals surface area contributed by atoms with Crippen molar-refractivity contribution in [2.75, 3.05) is 25.9 Å². The molecular weight excluding hydrogens is 420 g/mol. The average Bonchev–Trinajstić information content (AvgIpc) is 3.14. The Balaban J connectivity index is 1.52. The Bertz CT molecular complexity index is 989. The van der Waals surface area contributed by atoms with E-state index in [0.717, 1.165) is 25.9 Å². The summed E-state index contributed by atoms with van der Waals surface area (Å²) in [5, 5.41) is 14.8.